The first kappa shape index (κ1) is 18.7. The lowest BCUT2D eigenvalue weighted by Crippen LogP contribution is -2.09. The highest BCUT2D eigenvalue weighted by molar-refractivity contribution is 6.15. The number of hydrogen-bond acceptors (Lipinski definition) is 4. The van der Waals surface area contributed by atoms with Gasteiger partial charge in [-0.25, -0.2) is 4.79 Å². The molecule has 144 valence electrons. The molecule has 0 N–H and O–H groups in total. The Hall–Kier alpha value is -3.66. The summed E-state index contributed by atoms with van der Waals surface area (Å²) in [6, 6.07) is 18.3. The van der Waals surface area contributed by atoms with Crippen molar-refractivity contribution in [3.05, 3.63) is 99.8 Å². The van der Waals surface area contributed by atoms with Crippen molar-refractivity contribution in [1.82, 2.24) is 0 Å². The summed E-state index contributed by atoms with van der Waals surface area (Å²) >= 11 is 0. The summed E-state index contributed by atoms with van der Waals surface area (Å²) in [5, 5.41) is 0. The lowest BCUT2D eigenvalue weighted by molar-refractivity contribution is 0.0733. The minimum atomic E-state index is -0.451. The Bertz CT molecular complexity index is 1140. The van der Waals surface area contributed by atoms with E-state index >= 15 is 0 Å². The number of fused-ring (bicyclic) bond motifs is 1. The molecule has 4 nitrogen and oxygen atoms in total. The highest BCUT2D eigenvalue weighted by atomic mass is 16.5. The fraction of sp³-hybridized carbons (Fsp3) is 0.120. The van der Waals surface area contributed by atoms with Gasteiger partial charge in [0.15, 0.2) is 5.76 Å². The number of hydrogen-bond donors (Lipinski definition) is 0. The molecule has 1 aliphatic rings. The molecule has 0 radical (unpaired) electrons. The van der Waals surface area contributed by atoms with Gasteiger partial charge in [-0.1, -0.05) is 47.5 Å². The van der Waals surface area contributed by atoms with E-state index in [0.717, 1.165) is 16.7 Å². The lowest BCUT2D eigenvalue weighted by Gasteiger charge is -2.10. The summed E-state index contributed by atoms with van der Waals surface area (Å²) in [6.45, 7) is 5.74. The highest BCUT2D eigenvalue weighted by Gasteiger charge is 2.30. The van der Waals surface area contributed by atoms with Crippen LogP contribution in [0.15, 0.2) is 66.4 Å². The van der Waals surface area contributed by atoms with E-state index in [-0.39, 0.29) is 11.5 Å². The van der Waals surface area contributed by atoms with E-state index in [4.69, 9.17) is 9.47 Å². The van der Waals surface area contributed by atoms with E-state index in [0.29, 0.717) is 28.2 Å². The quantitative estimate of drug-likeness (QED) is 0.342. The van der Waals surface area contributed by atoms with Crippen LogP contribution in [-0.4, -0.2) is 11.8 Å². The van der Waals surface area contributed by atoms with Crippen molar-refractivity contribution >= 4 is 17.8 Å². The molecule has 0 spiro atoms. The number of benzene rings is 3. The lowest BCUT2D eigenvalue weighted by atomic mass is 10.1. The van der Waals surface area contributed by atoms with E-state index in [1.165, 1.54) is 0 Å². The van der Waals surface area contributed by atoms with Gasteiger partial charge in [-0.2, -0.15) is 0 Å². The number of ketones is 1. The predicted octanol–water partition coefficient (Wildman–Crippen LogP) is 5.45. The molecule has 4 heteroatoms. The minimum absolute atomic E-state index is 0.180. The van der Waals surface area contributed by atoms with Crippen LogP contribution in [0.25, 0.3) is 6.08 Å². The molecule has 0 aromatic heterocycles. The first-order chi connectivity index (χ1) is 13.9. The zero-order valence-corrected chi connectivity index (χ0v) is 16.5. The number of aryl methyl sites for hydroxylation is 2. The van der Waals surface area contributed by atoms with Gasteiger partial charge in [0.2, 0.25) is 5.78 Å². The monoisotopic (exact) mass is 384 g/mol. The van der Waals surface area contributed by atoms with Gasteiger partial charge >= 0.3 is 5.97 Å². The molecule has 0 atom stereocenters. The summed E-state index contributed by atoms with van der Waals surface area (Å²) in [5.74, 6) is 0.433. The molecule has 0 aliphatic carbocycles. The number of allylic oxidation sites excluding steroid dienone is 1. The Kier molecular flexibility index (Phi) is 4.77. The van der Waals surface area contributed by atoms with Gasteiger partial charge in [-0.15, -0.1) is 0 Å². The fourth-order valence-corrected chi connectivity index (χ4v) is 3.14. The maximum atomic E-state index is 12.7. The van der Waals surface area contributed by atoms with Crippen molar-refractivity contribution in [1.29, 1.82) is 0 Å². The number of carbonyl (C=O) groups excluding carboxylic acids is 2. The number of carbonyl (C=O) groups is 2. The van der Waals surface area contributed by atoms with Crippen LogP contribution in [0.4, 0.5) is 0 Å². The third kappa shape index (κ3) is 3.69. The average molecular weight is 384 g/mol. The first-order valence-electron chi connectivity index (χ1n) is 9.36. The van der Waals surface area contributed by atoms with Gasteiger partial charge in [0.05, 0.1) is 11.1 Å². The van der Waals surface area contributed by atoms with E-state index < -0.39 is 5.97 Å². The topological polar surface area (TPSA) is 52.6 Å². The van der Waals surface area contributed by atoms with Crippen LogP contribution < -0.4 is 9.47 Å². The summed E-state index contributed by atoms with van der Waals surface area (Å²) in [5.41, 5.74) is 4.64. The van der Waals surface area contributed by atoms with Crippen molar-refractivity contribution in [2.24, 2.45) is 0 Å². The summed E-state index contributed by atoms with van der Waals surface area (Å²) < 4.78 is 11.4. The van der Waals surface area contributed by atoms with Gasteiger partial charge in [0.1, 0.15) is 11.5 Å². The maximum Gasteiger partial charge on any atom is 0.343 e. The second-order valence-electron chi connectivity index (χ2n) is 7.17. The van der Waals surface area contributed by atoms with E-state index in [2.05, 4.69) is 0 Å². The van der Waals surface area contributed by atoms with Crippen LogP contribution in [0.2, 0.25) is 0 Å². The van der Waals surface area contributed by atoms with Crippen molar-refractivity contribution in [3.8, 4) is 11.5 Å². The predicted molar refractivity (Wildman–Crippen MR) is 111 cm³/mol. The molecule has 0 amide bonds. The van der Waals surface area contributed by atoms with Gasteiger partial charge in [0.25, 0.3) is 0 Å². The molecule has 0 fully saturated rings. The van der Waals surface area contributed by atoms with Gasteiger partial charge < -0.3 is 9.47 Å². The van der Waals surface area contributed by atoms with Crippen molar-refractivity contribution < 1.29 is 19.1 Å². The largest absolute Gasteiger partial charge is 0.452 e. The van der Waals surface area contributed by atoms with Gasteiger partial charge in [-0.3, -0.25) is 4.79 Å². The maximum absolute atomic E-state index is 12.7. The Morgan fingerprint density at radius 2 is 1.48 bits per heavy atom. The highest BCUT2D eigenvalue weighted by Crippen LogP contribution is 2.39. The zero-order valence-electron chi connectivity index (χ0n) is 16.5. The summed E-state index contributed by atoms with van der Waals surface area (Å²) in [6.07, 6.45) is 1.72. The second kappa shape index (κ2) is 7.40. The first-order valence-corrected chi connectivity index (χ1v) is 9.36. The van der Waals surface area contributed by atoms with E-state index in [1.807, 2.05) is 50.2 Å². The van der Waals surface area contributed by atoms with Crippen molar-refractivity contribution in [3.63, 3.8) is 0 Å². The molecule has 0 saturated heterocycles. The Morgan fingerprint density at radius 1 is 0.862 bits per heavy atom. The van der Waals surface area contributed by atoms with Crippen LogP contribution in [0, 0.1) is 20.8 Å². The molecule has 0 saturated carbocycles. The number of Topliss-reactive ketones (excluding diaryl/α,β-unsaturated/α-hetero) is 1. The Balaban J connectivity index is 1.60. The molecule has 29 heavy (non-hydrogen) atoms. The number of esters is 1. The number of rotatable bonds is 3. The van der Waals surface area contributed by atoms with E-state index in [9.17, 15) is 9.59 Å². The molecule has 1 heterocycles. The van der Waals surface area contributed by atoms with Crippen molar-refractivity contribution in [2.75, 3.05) is 0 Å². The Morgan fingerprint density at radius 3 is 2.14 bits per heavy atom. The average Bonchev–Trinajstić information content (AvgIpc) is 3.03. The van der Waals surface area contributed by atoms with Crippen LogP contribution in [0.3, 0.4) is 0 Å². The molecular formula is C25H20O4. The molecule has 1 aliphatic heterocycles. The molecule has 3 aromatic rings. The third-order valence-corrected chi connectivity index (χ3v) is 4.90. The molecule has 3 aromatic carbocycles. The number of ether oxygens (including phenoxy) is 2. The molecule has 0 unspecified atom stereocenters. The van der Waals surface area contributed by atoms with Gasteiger partial charge in [-0.05, 0) is 56.7 Å². The second-order valence-corrected chi connectivity index (χ2v) is 7.17. The smallest absolute Gasteiger partial charge is 0.343 e. The van der Waals surface area contributed by atoms with Gasteiger partial charge in [0, 0.05) is 5.56 Å². The normalized spacial score (nSPS) is 13.9. The van der Waals surface area contributed by atoms with Crippen LogP contribution in [-0.2, 0) is 0 Å². The minimum Gasteiger partial charge on any atom is -0.452 e. The summed E-state index contributed by atoms with van der Waals surface area (Å²) in [7, 11) is 0. The molecular weight excluding hydrogens is 364 g/mol. The molecule has 4 rings (SSSR count). The van der Waals surface area contributed by atoms with Crippen molar-refractivity contribution in [2.45, 2.75) is 20.8 Å². The standard InChI is InChI=1S/C25H20O4/c1-15-4-8-18(9-5-15)14-22-23(26)20-12-13-21(17(3)24(20)28-22)29-25(27)19-10-6-16(2)7-11-19/h4-14H,1-3H3/b22-14-. The van der Waals surface area contributed by atoms with Crippen LogP contribution >= 0.6 is 0 Å². The fourth-order valence-electron chi connectivity index (χ4n) is 3.14. The molecule has 0 bridgehead atoms. The SMILES string of the molecule is Cc1ccc(/C=C2\Oc3c(ccc(OC(=O)c4ccc(C)cc4)c3C)C2=O)cc1. The van der Waals surface area contributed by atoms with E-state index in [1.54, 1.807) is 37.3 Å². The third-order valence-electron chi connectivity index (χ3n) is 4.90. The zero-order chi connectivity index (χ0) is 20.5. The summed E-state index contributed by atoms with van der Waals surface area (Å²) in [4.78, 5) is 25.1. The Labute approximate surface area is 169 Å². The van der Waals surface area contributed by atoms with Crippen LogP contribution in [0.5, 0.6) is 11.5 Å². The van der Waals surface area contributed by atoms with Crippen LogP contribution in [0.1, 0.15) is 43.0 Å².